The van der Waals surface area contributed by atoms with Gasteiger partial charge in [0.15, 0.2) is 11.5 Å². The van der Waals surface area contributed by atoms with E-state index in [2.05, 4.69) is 16.1 Å². The van der Waals surface area contributed by atoms with Gasteiger partial charge in [0.05, 0.1) is 0 Å². The Morgan fingerprint density at radius 3 is 2.48 bits per heavy atom. The highest BCUT2D eigenvalue weighted by Crippen LogP contribution is 2.43. The number of rotatable bonds is 9. The third-order valence-electron chi connectivity index (χ3n) is 6.23. The Kier molecular flexibility index (Phi) is 7.35. The summed E-state index contributed by atoms with van der Waals surface area (Å²) in [6.45, 7) is 1.66. The van der Waals surface area contributed by atoms with Crippen LogP contribution >= 0.6 is 0 Å². The Hall–Kier alpha value is -2.84. The maximum atomic E-state index is 12.5. The van der Waals surface area contributed by atoms with Gasteiger partial charge in [-0.05, 0) is 42.2 Å². The Morgan fingerprint density at radius 2 is 1.73 bits per heavy atom. The molecule has 1 amide bonds. The van der Waals surface area contributed by atoms with Crippen molar-refractivity contribution in [2.24, 2.45) is 0 Å². The molecule has 33 heavy (non-hydrogen) atoms. The first-order chi connectivity index (χ1) is 16.0. The number of sulfonamides is 1. The van der Waals surface area contributed by atoms with Gasteiger partial charge in [-0.2, -0.15) is 0 Å². The Morgan fingerprint density at radius 1 is 1.00 bits per heavy atom. The zero-order chi connectivity index (χ0) is 23.2. The van der Waals surface area contributed by atoms with Crippen molar-refractivity contribution in [2.75, 3.05) is 26.3 Å². The molecule has 1 fully saturated rings. The summed E-state index contributed by atoms with van der Waals surface area (Å²) in [6.07, 6.45) is 5.80. The summed E-state index contributed by atoms with van der Waals surface area (Å²) in [4.78, 5) is 12.5. The number of fused-ring (bicyclic) bond motifs is 1. The molecule has 7 nitrogen and oxygen atoms in total. The third kappa shape index (κ3) is 6.15. The highest BCUT2D eigenvalue weighted by atomic mass is 32.2. The number of amides is 1. The van der Waals surface area contributed by atoms with Crippen molar-refractivity contribution in [3.8, 4) is 11.5 Å². The van der Waals surface area contributed by atoms with Gasteiger partial charge < -0.3 is 14.8 Å². The Balaban J connectivity index is 1.29. The highest BCUT2D eigenvalue weighted by molar-refractivity contribution is 7.92. The van der Waals surface area contributed by atoms with Crippen LogP contribution in [0.4, 0.5) is 0 Å². The zero-order valence-corrected chi connectivity index (χ0v) is 19.4. The van der Waals surface area contributed by atoms with E-state index in [4.69, 9.17) is 9.47 Å². The van der Waals surface area contributed by atoms with Crippen LogP contribution in [0.5, 0.6) is 11.5 Å². The number of hydrogen-bond acceptors (Lipinski definition) is 5. The predicted molar refractivity (Wildman–Crippen MR) is 128 cm³/mol. The number of carbonyl (C=O) groups is 1. The maximum Gasteiger partial charge on any atom is 0.233 e. The smallest absolute Gasteiger partial charge is 0.233 e. The molecule has 2 aromatic rings. The minimum Gasteiger partial charge on any atom is -0.486 e. The molecule has 0 saturated heterocycles. The summed E-state index contributed by atoms with van der Waals surface area (Å²) in [5, 5.41) is 4.14. The second-order valence-corrected chi connectivity index (χ2v) is 10.2. The molecule has 176 valence electrons. The van der Waals surface area contributed by atoms with Gasteiger partial charge in [-0.25, -0.2) is 13.1 Å². The topological polar surface area (TPSA) is 93.7 Å². The molecule has 0 atom stereocenters. The van der Waals surface area contributed by atoms with Crippen LogP contribution in [0.25, 0.3) is 6.08 Å². The standard InChI is InChI=1S/C25H30N2O5S/c28-24(10-14-27-33(29,30)17-11-20-6-2-1-3-7-20)26-19-25(12-4-5-13-25)21-8-9-22-23(18-21)32-16-15-31-22/h1-3,6-9,11,17-18,27H,4-5,10,12-16,19H2,(H,26,28). The number of nitrogens with one attached hydrogen (secondary N) is 2. The quantitative estimate of drug-likeness (QED) is 0.586. The van der Waals surface area contributed by atoms with E-state index in [0.717, 1.165) is 53.7 Å². The van der Waals surface area contributed by atoms with Crippen LogP contribution in [0.1, 0.15) is 43.2 Å². The first-order valence-corrected chi connectivity index (χ1v) is 12.9. The molecule has 2 aromatic carbocycles. The van der Waals surface area contributed by atoms with E-state index in [1.165, 1.54) is 6.08 Å². The van der Waals surface area contributed by atoms with Crippen molar-refractivity contribution in [1.29, 1.82) is 0 Å². The van der Waals surface area contributed by atoms with E-state index in [1.807, 2.05) is 42.5 Å². The molecule has 0 bridgehead atoms. The fourth-order valence-corrected chi connectivity index (χ4v) is 5.26. The van der Waals surface area contributed by atoms with E-state index < -0.39 is 10.0 Å². The van der Waals surface area contributed by atoms with E-state index >= 15 is 0 Å². The molecule has 0 radical (unpaired) electrons. The predicted octanol–water partition coefficient (Wildman–Crippen LogP) is 3.37. The van der Waals surface area contributed by atoms with Gasteiger partial charge in [-0.1, -0.05) is 49.2 Å². The Labute approximate surface area is 195 Å². The fraction of sp³-hybridized carbons (Fsp3) is 0.400. The first-order valence-electron chi connectivity index (χ1n) is 11.4. The van der Waals surface area contributed by atoms with E-state index in [0.29, 0.717) is 19.8 Å². The SMILES string of the molecule is O=C(CCNS(=O)(=O)C=Cc1ccccc1)NCC1(c2ccc3c(c2)OCCO3)CCCC1. The fourth-order valence-electron chi connectivity index (χ4n) is 4.44. The van der Waals surface area contributed by atoms with Gasteiger partial charge in [-0.3, -0.25) is 4.79 Å². The number of carbonyl (C=O) groups excluding carboxylic acids is 1. The molecule has 1 aliphatic carbocycles. The summed E-state index contributed by atoms with van der Waals surface area (Å²) in [5.41, 5.74) is 1.81. The van der Waals surface area contributed by atoms with Gasteiger partial charge in [0.1, 0.15) is 13.2 Å². The Bertz CT molecular complexity index is 1090. The number of ether oxygens (including phenoxy) is 2. The summed E-state index contributed by atoms with van der Waals surface area (Å²) >= 11 is 0. The monoisotopic (exact) mass is 470 g/mol. The number of benzene rings is 2. The van der Waals surface area contributed by atoms with Crippen molar-refractivity contribution >= 4 is 22.0 Å². The van der Waals surface area contributed by atoms with Crippen molar-refractivity contribution in [3.05, 3.63) is 65.1 Å². The second-order valence-electron chi connectivity index (χ2n) is 8.53. The van der Waals surface area contributed by atoms with E-state index in [9.17, 15) is 13.2 Å². The van der Waals surface area contributed by atoms with Gasteiger partial charge in [-0.15, -0.1) is 0 Å². The van der Waals surface area contributed by atoms with E-state index in [1.54, 1.807) is 0 Å². The lowest BCUT2D eigenvalue weighted by molar-refractivity contribution is -0.121. The average molecular weight is 471 g/mol. The molecule has 2 N–H and O–H groups in total. The normalized spacial score (nSPS) is 17.2. The summed E-state index contributed by atoms with van der Waals surface area (Å²) < 4.78 is 38.1. The molecule has 0 spiro atoms. The molecule has 1 aliphatic heterocycles. The zero-order valence-electron chi connectivity index (χ0n) is 18.6. The lowest BCUT2D eigenvalue weighted by Gasteiger charge is -2.31. The van der Waals surface area contributed by atoms with Crippen LogP contribution in [0.3, 0.4) is 0 Å². The largest absolute Gasteiger partial charge is 0.486 e. The third-order valence-corrected chi connectivity index (χ3v) is 7.33. The van der Waals surface area contributed by atoms with Crippen LogP contribution in [0.15, 0.2) is 53.9 Å². The second kappa shape index (κ2) is 10.4. The molecule has 1 heterocycles. The minimum absolute atomic E-state index is 0.0460. The van der Waals surface area contributed by atoms with Crippen LogP contribution in [0, 0.1) is 0 Å². The maximum absolute atomic E-state index is 12.5. The van der Waals surface area contributed by atoms with Crippen LogP contribution < -0.4 is 19.5 Å². The van der Waals surface area contributed by atoms with Crippen LogP contribution in [-0.2, 0) is 20.2 Å². The van der Waals surface area contributed by atoms with Crippen molar-refractivity contribution in [1.82, 2.24) is 10.0 Å². The molecule has 2 aliphatic rings. The van der Waals surface area contributed by atoms with Gasteiger partial charge in [0.2, 0.25) is 15.9 Å². The lowest BCUT2D eigenvalue weighted by atomic mass is 9.78. The van der Waals surface area contributed by atoms with Crippen LogP contribution in [-0.4, -0.2) is 40.6 Å². The summed E-state index contributed by atoms with van der Waals surface area (Å²) in [6, 6.07) is 15.2. The molecular weight excluding hydrogens is 440 g/mol. The molecule has 4 rings (SSSR count). The summed E-state index contributed by atoms with van der Waals surface area (Å²) in [7, 11) is -3.61. The van der Waals surface area contributed by atoms with E-state index in [-0.39, 0.29) is 24.3 Å². The van der Waals surface area contributed by atoms with Crippen molar-refractivity contribution in [2.45, 2.75) is 37.5 Å². The van der Waals surface area contributed by atoms with Crippen molar-refractivity contribution < 1.29 is 22.7 Å². The highest BCUT2D eigenvalue weighted by Gasteiger charge is 2.36. The molecule has 0 aromatic heterocycles. The molecule has 8 heteroatoms. The molecule has 0 unspecified atom stereocenters. The van der Waals surface area contributed by atoms with Crippen molar-refractivity contribution in [3.63, 3.8) is 0 Å². The van der Waals surface area contributed by atoms with Crippen LogP contribution in [0.2, 0.25) is 0 Å². The van der Waals surface area contributed by atoms with Gasteiger partial charge >= 0.3 is 0 Å². The minimum atomic E-state index is -3.61. The average Bonchev–Trinajstić information content (AvgIpc) is 3.32. The molecular formula is C25H30N2O5S. The number of hydrogen-bond donors (Lipinski definition) is 2. The van der Waals surface area contributed by atoms with Gasteiger partial charge in [0.25, 0.3) is 0 Å². The first kappa shape index (κ1) is 23.3. The molecule has 1 saturated carbocycles. The lowest BCUT2D eigenvalue weighted by Crippen LogP contribution is -2.40. The van der Waals surface area contributed by atoms with Gasteiger partial charge in [0, 0.05) is 30.3 Å². The summed E-state index contributed by atoms with van der Waals surface area (Å²) in [5.74, 6) is 1.35.